The van der Waals surface area contributed by atoms with Crippen LogP contribution in [0.3, 0.4) is 0 Å². The van der Waals surface area contributed by atoms with Crippen molar-refractivity contribution in [2.45, 2.75) is 92.2 Å². The molecule has 1 saturated heterocycles. The van der Waals surface area contributed by atoms with Crippen LogP contribution in [0.25, 0.3) is 0 Å². The number of ether oxygens (including phenoxy) is 1. The van der Waals surface area contributed by atoms with Crippen molar-refractivity contribution in [2.24, 2.45) is 11.3 Å². The van der Waals surface area contributed by atoms with Gasteiger partial charge in [0.2, 0.25) is 0 Å². The first-order chi connectivity index (χ1) is 18.1. The van der Waals surface area contributed by atoms with E-state index < -0.39 is 22.0 Å². The van der Waals surface area contributed by atoms with E-state index in [1.165, 1.54) is 11.3 Å². The molecule has 2 aromatic rings. The largest absolute Gasteiger partial charge is 0.481 e. The number of rotatable bonds is 7. The summed E-state index contributed by atoms with van der Waals surface area (Å²) in [6.07, 6.45) is 2.20. The lowest BCUT2D eigenvalue weighted by atomic mass is 9.72. The minimum absolute atomic E-state index is 0.0432. The monoisotopic (exact) mass is 574 g/mol. The molecule has 1 aromatic carbocycles. The fourth-order valence-electron chi connectivity index (χ4n) is 5.50. The molecule has 1 aliphatic heterocycles. The predicted molar refractivity (Wildman–Crippen MR) is 158 cm³/mol. The Hall–Kier alpha value is -2.39. The molecule has 2 heterocycles. The molecule has 4 rings (SSSR count). The Bertz CT molecular complexity index is 1350. The van der Waals surface area contributed by atoms with Crippen LogP contribution in [0.2, 0.25) is 0 Å². The van der Waals surface area contributed by atoms with E-state index >= 15 is 0 Å². The van der Waals surface area contributed by atoms with Crippen LogP contribution in [0.5, 0.6) is 5.75 Å². The zero-order chi connectivity index (χ0) is 28.7. The van der Waals surface area contributed by atoms with Gasteiger partial charge in [0.1, 0.15) is 10.8 Å². The molecule has 3 unspecified atom stereocenters. The molecule has 1 aromatic heterocycles. The highest BCUT2D eigenvalue weighted by molar-refractivity contribution is 7.91. The summed E-state index contributed by atoms with van der Waals surface area (Å²) in [6.45, 7) is 14.6. The number of carbonyl (C=O) groups is 2. The molecule has 0 spiro atoms. The smallest absolute Gasteiger partial charge is 0.265 e. The van der Waals surface area contributed by atoms with Crippen LogP contribution in [-0.4, -0.2) is 43.9 Å². The number of hydrogen-bond acceptors (Lipinski definition) is 6. The van der Waals surface area contributed by atoms with Gasteiger partial charge in [-0.15, -0.1) is 11.3 Å². The van der Waals surface area contributed by atoms with Crippen molar-refractivity contribution in [1.82, 2.24) is 5.32 Å². The van der Waals surface area contributed by atoms with Crippen molar-refractivity contribution in [1.29, 1.82) is 0 Å². The van der Waals surface area contributed by atoms with E-state index in [9.17, 15) is 18.0 Å². The molecule has 39 heavy (non-hydrogen) atoms. The normalized spacial score (nSPS) is 21.3. The van der Waals surface area contributed by atoms with Crippen LogP contribution in [0.15, 0.2) is 18.2 Å². The summed E-state index contributed by atoms with van der Waals surface area (Å²) < 4.78 is 30.1. The number of anilines is 1. The number of benzene rings is 1. The van der Waals surface area contributed by atoms with E-state index in [0.717, 1.165) is 40.8 Å². The van der Waals surface area contributed by atoms with Gasteiger partial charge in [-0.3, -0.25) is 9.59 Å². The Morgan fingerprint density at radius 1 is 1.13 bits per heavy atom. The first kappa shape index (κ1) is 29.6. The number of aryl methyl sites for hydroxylation is 1. The molecular formula is C30H42N2O5S2. The van der Waals surface area contributed by atoms with Gasteiger partial charge in [0.05, 0.1) is 17.1 Å². The van der Waals surface area contributed by atoms with E-state index in [2.05, 4.69) is 45.3 Å². The first-order valence-corrected chi connectivity index (χ1v) is 16.5. The Kier molecular flexibility index (Phi) is 8.53. The molecule has 0 bridgehead atoms. The number of sulfone groups is 1. The Balaban J connectivity index is 1.59. The summed E-state index contributed by atoms with van der Waals surface area (Å²) in [6, 6.07) is 5.61. The van der Waals surface area contributed by atoms with Crippen LogP contribution < -0.4 is 15.4 Å². The third-order valence-corrected chi connectivity index (χ3v) is 10.9. The highest BCUT2D eigenvalue weighted by atomic mass is 32.2. The van der Waals surface area contributed by atoms with Gasteiger partial charge >= 0.3 is 0 Å². The molecule has 1 fully saturated rings. The average Bonchev–Trinajstić information content (AvgIpc) is 3.35. The quantitative estimate of drug-likeness (QED) is 0.445. The van der Waals surface area contributed by atoms with Gasteiger partial charge in [-0.1, -0.05) is 46.8 Å². The number of fused-ring (bicyclic) bond motifs is 1. The fourth-order valence-corrected chi connectivity index (χ4v) is 8.50. The summed E-state index contributed by atoms with van der Waals surface area (Å²) in [5.74, 6) is 0.808. The molecule has 1 aliphatic carbocycles. The number of hydrogen-bond donors (Lipinski definition) is 2. The second-order valence-corrected chi connectivity index (χ2v) is 15.9. The SMILES string of the molecule is Cc1ccc(C(C)C)c(OC(C)C(=O)Nc2sc3c(c2C(=O)NC2CCS(=O)(=O)C2)CCC(C(C)(C)C)C3)c1. The predicted octanol–water partition coefficient (Wildman–Crippen LogP) is 5.65. The van der Waals surface area contributed by atoms with Gasteiger partial charge < -0.3 is 15.4 Å². The second-order valence-electron chi connectivity index (χ2n) is 12.5. The molecule has 214 valence electrons. The van der Waals surface area contributed by atoms with E-state index in [-0.39, 0.29) is 34.7 Å². The third-order valence-electron chi connectivity index (χ3n) is 7.99. The lowest BCUT2D eigenvalue weighted by Gasteiger charge is -2.33. The van der Waals surface area contributed by atoms with E-state index in [0.29, 0.717) is 28.7 Å². The van der Waals surface area contributed by atoms with Gasteiger partial charge in [0.15, 0.2) is 15.9 Å². The maximum absolute atomic E-state index is 13.6. The maximum Gasteiger partial charge on any atom is 0.265 e. The molecular weight excluding hydrogens is 532 g/mol. The van der Waals surface area contributed by atoms with Crippen molar-refractivity contribution in [2.75, 3.05) is 16.8 Å². The molecule has 2 N–H and O–H groups in total. The molecule has 2 aliphatic rings. The number of carbonyl (C=O) groups excluding carboxylic acids is 2. The van der Waals surface area contributed by atoms with E-state index in [1.807, 2.05) is 25.1 Å². The summed E-state index contributed by atoms with van der Waals surface area (Å²) in [5.41, 5.74) is 3.67. The Morgan fingerprint density at radius 3 is 2.46 bits per heavy atom. The molecule has 3 atom stereocenters. The average molecular weight is 575 g/mol. The van der Waals surface area contributed by atoms with Crippen LogP contribution >= 0.6 is 11.3 Å². The highest BCUT2D eigenvalue weighted by Gasteiger charge is 2.36. The first-order valence-electron chi connectivity index (χ1n) is 13.9. The summed E-state index contributed by atoms with van der Waals surface area (Å²) >= 11 is 1.46. The van der Waals surface area contributed by atoms with Crippen molar-refractivity contribution >= 4 is 38.0 Å². The minimum atomic E-state index is -3.13. The van der Waals surface area contributed by atoms with E-state index in [1.54, 1.807) is 6.92 Å². The molecule has 0 saturated carbocycles. The van der Waals surface area contributed by atoms with Gasteiger partial charge in [-0.25, -0.2) is 8.42 Å². The van der Waals surface area contributed by atoms with Crippen molar-refractivity contribution < 1.29 is 22.7 Å². The zero-order valence-electron chi connectivity index (χ0n) is 24.1. The molecule has 0 radical (unpaired) electrons. The summed E-state index contributed by atoms with van der Waals surface area (Å²) in [4.78, 5) is 28.1. The van der Waals surface area contributed by atoms with Gasteiger partial charge in [0.25, 0.3) is 11.8 Å². The summed E-state index contributed by atoms with van der Waals surface area (Å²) in [5, 5.41) is 6.46. The zero-order valence-corrected chi connectivity index (χ0v) is 25.8. The fraction of sp³-hybridized carbons (Fsp3) is 0.600. The topological polar surface area (TPSA) is 102 Å². The van der Waals surface area contributed by atoms with Crippen LogP contribution in [-0.2, 0) is 27.5 Å². The Labute approximate surface area is 237 Å². The van der Waals surface area contributed by atoms with Crippen molar-refractivity contribution in [3.05, 3.63) is 45.3 Å². The summed E-state index contributed by atoms with van der Waals surface area (Å²) in [7, 11) is -3.13. The van der Waals surface area contributed by atoms with Crippen molar-refractivity contribution in [3.8, 4) is 5.75 Å². The second kappa shape index (κ2) is 11.2. The third kappa shape index (κ3) is 6.85. The van der Waals surface area contributed by atoms with Crippen LogP contribution in [0.4, 0.5) is 5.00 Å². The lowest BCUT2D eigenvalue weighted by Crippen LogP contribution is -2.37. The number of amides is 2. The maximum atomic E-state index is 13.6. The lowest BCUT2D eigenvalue weighted by molar-refractivity contribution is -0.122. The van der Waals surface area contributed by atoms with E-state index in [4.69, 9.17) is 4.74 Å². The molecule has 7 nitrogen and oxygen atoms in total. The molecule has 2 amide bonds. The molecule has 9 heteroatoms. The number of nitrogens with one attached hydrogen (secondary N) is 2. The minimum Gasteiger partial charge on any atom is -0.481 e. The number of thiophene rings is 1. The highest BCUT2D eigenvalue weighted by Crippen LogP contribution is 2.44. The van der Waals surface area contributed by atoms with Crippen LogP contribution in [0.1, 0.15) is 92.2 Å². The van der Waals surface area contributed by atoms with Gasteiger partial charge in [0, 0.05) is 10.9 Å². The standard InChI is InChI=1S/C30H42N2O5S2/c1-17(2)22-10-8-18(3)14-24(22)37-19(4)27(33)32-29-26(28(34)31-21-12-13-39(35,36)16-21)23-11-9-20(30(5,6)7)15-25(23)38-29/h8,10,14,17,19-21H,9,11-13,15-16H2,1-7H3,(H,31,34)(H,32,33). The van der Waals surface area contributed by atoms with Gasteiger partial charge in [-0.2, -0.15) is 0 Å². The van der Waals surface area contributed by atoms with Gasteiger partial charge in [-0.05, 0) is 79.5 Å². The van der Waals surface area contributed by atoms with Crippen LogP contribution in [0, 0.1) is 18.3 Å². The van der Waals surface area contributed by atoms with Crippen molar-refractivity contribution in [3.63, 3.8) is 0 Å². The Morgan fingerprint density at radius 2 is 1.85 bits per heavy atom.